The van der Waals surface area contributed by atoms with Crippen molar-refractivity contribution in [2.75, 3.05) is 13.2 Å². The number of rotatable bonds is 10. The summed E-state index contributed by atoms with van der Waals surface area (Å²) in [4.78, 5) is 22.3. The molecule has 0 fully saturated rings. The summed E-state index contributed by atoms with van der Waals surface area (Å²) >= 11 is 0. The number of carbonyl (C=O) groups is 2. The van der Waals surface area contributed by atoms with Gasteiger partial charge in [0.15, 0.2) is 6.61 Å². The Balaban J connectivity index is 4.57. The van der Waals surface area contributed by atoms with Crippen LogP contribution in [0.25, 0.3) is 0 Å². The number of esters is 2. The Labute approximate surface area is 143 Å². The van der Waals surface area contributed by atoms with E-state index < -0.39 is 55.6 Å². The molecule has 0 atom stereocenters. The van der Waals surface area contributed by atoms with E-state index in [1.54, 1.807) is 13.8 Å². The average Bonchev–Trinajstić information content (AvgIpc) is 2.50. The summed E-state index contributed by atoms with van der Waals surface area (Å²) in [6, 6.07) is 0. The number of carbonyl (C=O) groups excluding carboxylic acids is 2. The van der Waals surface area contributed by atoms with Gasteiger partial charge >= 0.3 is 36.1 Å². The molecule has 0 aromatic carbocycles. The summed E-state index contributed by atoms with van der Waals surface area (Å²) in [6.45, 7) is 0.731. The molecule has 0 aromatic heterocycles. The molecular weight excluding hydrogens is 384 g/mol. The summed E-state index contributed by atoms with van der Waals surface area (Å²) in [7, 11) is 0. The Morgan fingerprint density at radius 2 is 1.38 bits per heavy atom. The third-order valence-electron chi connectivity index (χ3n) is 2.84. The fourth-order valence-corrected chi connectivity index (χ4v) is 1.29. The predicted molar refractivity (Wildman–Crippen MR) is 71.4 cm³/mol. The van der Waals surface area contributed by atoms with E-state index >= 15 is 0 Å². The molecule has 0 aromatic rings. The van der Waals surface area contributed by atoms with Crippen LogP contribution < -0.4 is 0 Å². The highest BCUT2D eigenvalue weighted by atomic mass is 19.4. The lowest BCUT2D eigenvalue weighted by Crippen LogP contribution is -2.59. The standard InChI is InChI=1S/C14H16F8O4/c1-8(2)5-6-25-9(23)3-4-10(24)26-7-12(17,18)14(21,22)13(19,20)11(15)16/h5,11H,3-4,6-7H2,1-2H3. The van der Waals surface area contributed by atoms with Gasteiger partial charge in [0.2, 0.25) is 0 Å². The molecule has 0 amide bonds. The number of alkyl halides is 8. The van der Waals surface area contributed by atoms with E-state index in [4.69, 9.17) is 0 Å². The zero-order valence-corrected chi connectivity index (χ0v) is 13.6. The molecule has 0 aliphatic carbocycles. The van der Waals surface area contributed by atoms with Gasteiger partial charge in [-0.2, -0.15) is 26.3 Å². The van der Waals surface area contributed by atoms with Crippen molar-refractivity contribution in [1.82, 2.24) is 0 Å². The molecule has 0 rings (SSSR count). The first-order chi connectivity index (χ1) is 11.6. The molecule has 0 saturated carbocycles. The zero-order chi connectivity index (χ0) is 20.8. The predicted octanol–water partition coefficient (Wildman–Crippen LogP) is 3.99. The molecule has 0 aliphatic heterocycles. The Hall–Kier alpha value is -1.88. The van der Waals surface area contributed by atoms with Crippen molar-refractivity contribution in [3.8, 4) is 0 Å². The number of allylic oxidation sites excluding steroid dienone is 1. The third kappa shape index (κ3) is 6.45. The van der Waals surface area contributed by atoms with Gasteiger partial charge in [-0.15, -0.1) is 0 Å². The molecule has 0 aliphatic rings. The second-order valence-corrected chi connectivity index (χ2v) is 5.33. The second-order valence-electron chi connectivity index (χ2n) is 5.33. The van der Waals surface area contributed by atoms with E-state index in [2.05, 4.69) is 9.47 Å². The highest BCUT2D eigenvalue weighted by molar-refractivity contribution is 5.77. The van der Waals surface area contributed by atoms with Gasteiger partial charge in [-0.25, -0.2) is 8.78 Å². The maximum atomic E-state index is 13.1. The van der Waals surface area contributed by atoms with E-state index in [0.717, 1.165) is 5.57 Å². The van der Waals surface area contributed by atoms with E-state index in [1.807, 2.05) is 0 Å². The summed E-state index contributed by atoms with van der Waals surface area (Å²) in [5.41, 5.74) is 0.820. The van der Waals surface area contributed by atoms with Gasteiger partial charge in [0, 0.05) is 0 Å². The lowest BCUT2D eigenvalue weighted by atomic mass is 10.1. The van der Waals surface area contributed by atoms with Crippen LogP contribution >= 0.6 is 0 Å². The Morgan fingerprint density at radius 3 is 1.81 bits per heavy atom. The summed E-state index contributed by atoms with van der Waals surface area (Å²) in [6.07, 6.45) is -5.05. The first-order valence-corrected chi connectivity index (χ1v) is 7.01. The number of ether oxygens (including phenoxy) is 2. The van der Waals surface area contributed by atoms with Crippen LogP contribution in [0.1, 0.15) is 26.7 Å². The van der Waals surface area contributed by atoms with Gasteiger partial charge in [-0.3, -0.25) is 9.59 Å². The topological polar surface area (TPSA) is 52.6 Å². The lowest BCUT2D eigenvalue weighted by Gasteiger charge is -2.31. The number of halogens is 8. The first-order valence-electron chi connectivity index (χ1n) is 7.01. The molecule has 152 valence electrons. The van der Waals surface area contributed by atoms with E-state index in [9.17, 15) is 44.7 Å². The van der Waals surface area contributed by atoms with Crippen LogP contribution in [0, 0.1) is 0 Å². The van der Waals surface area contributed by atoms with Gasteiger partial charge in [-0.05, 0) is 19.9 Å². The maximum absolute atomic E-state index is 13.1. The van der Waals surface area contributed by atoms with Crippen LogP contribution in [-0.4, -0.2) is 49.3 Å². The third-order valence-corrected chi connectivity index (χ3v) is 2.84. The molecule has 0 unspecified atom stereocenters. The quantitative estimate of drug-likeness (QED) is 0.316. The fourth-order valence-electron chi connectivity index (χ4n) is 1.29. The minimum Gasteiger partial charge on any atom is -0.461 e. The zero-order valence-electron chi connectivity index (χ0n) is 13.6. The molecule has 26 heavy (non-hydrogen) atoms. The van der Waals surface area contributed by atoms with Gasteiger partial charge in [-0.1, -0.05) is 5.57 Å². The van der Waals surface area contributed by atoms with Crippen molar-refractivity contribution in [2.24, 2.45) is 0 Å². The summed E-state index contributed by atoms with van der Waals surface area (Å²) in [5.74, 6) is -21.1. The second kappa shape index (κ2) is 9.17. The van der Waals surface area contributed by atoms with Crippen LogP contribution in [0.4, 0.5) is 35.1 Å². The molecule has 12 heteroatoms. The highest BCUT2D eigenvalue weighted by Gasteiger charge is 2.75. The normalized spacial score (nSPS) is 12.7. The summed E-state index contributed by atoms with van der Waals surface area (Å²) < 4.78 is 109. The van der Waals surface area contributed by atoms with Crippen LogP contribution in [-0.2, 0) is 19.1 Å². The van der Waals surface area contributed by atoms with Gasteiger partial charge in [0.25, 0.3) is 0 Å². The lowest BCUT2D eigenvalue weighted by molar-refractivity contribution is -0.344. The average molecular weight is 400 g/mol. The van der Waals surface area contributed by atoms with E-state index in [0.29, 0.717) is 0 Å². The van der Waals surface area contributed by atoms with Crippen molar-refractivity contribution in [3.63, 3.8) is 0 Å². The molecule has 0 saturated heterocycles. The molecular formula is C14H16F8O4. The van der Waals surface area contributed by atoms with Crippen LogP contribution in [0.2, 0.25) is 0 Å². The molecule has 0 heterocycles. The van der Waals surface area contributed by atoms with Crippen molar-refractivity contribution in [3.05, 3.63) is 11.6 Å². The van der Waals surface area contributed by atoms with Gasteiger partial charge in [0.05, 0.1) is 12.8 Å². The Morgan fingerprint density at radius 1 is 0.923 bits per heavy atom. The molecule has 0 spiro atoms. The minimum absolute atomic E-state index is 0.122. The van der Waals surface area contributed by atoms with Crippen molar-refractivity contribution < 1.29 is 54.2 Å². The number of hydrogen-bond acceptors (Lipinski definition) is 4. The van der Waals surface area contributed by atoms with Crippen LogP contribution in [0.15, 0.2) is 11.6 Å². The SMILES string of the molecule is CC(C)=CCOC(=O)CCC(=O)OCC(F)(F)C(F)(F)C(F)(F)C(F)F. The fraction of sp³-hybridized carbons (Fsp3) is 0.714. The maximum Gasteiger partial charge on any atom is 0.381 e. The Kier molecular flexibility index (Phi) is 8.51. The number of hydrogen-bond donors (Lipinski definition) is 0. The summed E-state index contributed by atoms with van der Waals surface area (Å²) in [5, 5.41) is 0. The smallest absolute Gasteiger partial charge is 0.381 e. The van der Waals surface area contributed by atoms with Gasteiger partial charge < -0.3 is 9.47 Å². The molecule has 0 bridgehead atoms. The highest BCUT2D eigenvalue weighted by Crippen LogP contribution is 2.48. The van der Waals surface area contributed by atoms with E-state index in [-0.39, 0.29) is 6.61 Å². The molecule has 0 N–H and O–H groups in total. The van der Waals surface area contributed by atoms with Gasteiger partial charge in [0.1, 0.15) is 6.61 Å². The van der Waals surface area contributed by atoms with Crippen molar-refractivity contribution in [1.29, 1.82) is 0 Å². The van der Waals surface area contributed by atoms with Crippen LogP contribution in [0.5, 0.6) is 0 Å². The van der Waals surface area contributed by atoms with Crippen LogP contribution in [0.3, 0.4) is 0 Å². The van der Waals surface area contributed by atoms with Crippen molar-refractivity contribution in [2.45, 2.75) is 50.9 Å². The van der Waals surface area contributed by atoms with E-state index in [1.165, 1.54) is 6.08 Å². The first kappa shape index (κ1) is 24.1. The minimum atomic E-state index is -6.46. The largest absolute Gasteiger partial charge is 0.461 e. The molecule has 4 nitrogen and oxygen atoms in total. The molecule has 0 radical (unpaired) electrons. The van der Waals surface area contributed by atoms with Crippen molar-refractivity contribution >= 4 is 11.9 Å². The monoisotopic (exact) mass is 400 g/mol. The Bertz CT molecular complexity index is 527.